The lowest BCUT2D eigenvalue weighted by atomic mass is 10.1. The van der Waals surface area contributed by atoms with Gasteiger partial charge in [0, 0.05) is 31.0 Å². The lowest BCUT2D eigenvalue weighted by Gasteiger charge is -2.12. The van der Waals surface area contributed by atoms with Crippen LogP contribution in [0.15, 0.2) is 84.5 Å². The van der Waals surface area contributed by atoms with Crippen molar-refractivity contribution in [1.82, 2.24) is 19.8 Å². The average molecular weight is 410 g/mol. The first-order valence-corrected chi connectivity index (χ1v) is 10.5. The molecule has 3 rings (SSSR count). The molecule has 0 fully saturated rings. The van der Waals surface area contributed by atoms with Gasteiger partial charge >= 0.3 is 0 Å². The van der Waals surface area contributed by atoms with Crippen LogP contribution in [-0.4, -0.2) is 30.7 Å². The summed E-state index contributed by atoms with van der Waals surface area (Å²) in [6.45, 7) is 4.52. The molecule has 0 spiro atoms. The van der Waals surface area contributed by atoms with Crippen LogP contribution in [0, 0.1) is 0 Å². The number of rotatable bonds is 9. The summed E-state index contributed by atoms with van der Waals surface area (Å²) in [5.74, 6) is -0.355. The van der Waals surface area contributed by atoms with Gasteiger partial charge in [-0.05, 0) is 35.4 Å². The summed E-state index contributed by atoms with van der Waals surface area (Å²) in [5, 5.41) is 6.82. The smallest absolute Gasteiger partial charge is 0.251 e. The standard InChI is InChI=1S/C21H22N4O3S/c1-2-11-22-21(26)17-9-5-10-20(14-17)29(27,28)24-15-18-7-3-4-8-19(18)16-25-13-6-12-23-25/h2-10,12-14,24H,1,11,15-16H2,(H,22,26). The Bertz CT molecular complexity index is 1090. The third-order valence-electron chi connectivity index (χ3n) is 4.28. The average Bonchev–Trinajstić information content (AvgIpc) is 3.24. The number of benzene rings is 2. The van der Waals surface area contributed by atoms with E-state index >= 15 is 0 Å². The minimum atomic E-state index is -3.79. The molecular formula is C21H22N4O3S. The summed E-state index contributed by atoms with van der Waals surface area (Å²) in [6.07, 6.45) is 5.11. The zero-order chi connectivity index (χ0) is 20.7. The van der Waals surface area contributed by atoms with Gasteiger partial charge in [0.1, 0.15) is 0 Å². The van der Waals surface area contributed by atoms with E-state index in [2.05, 4.69) is 21.7 Å². The van der Waals surface area contributed by atoms with Gasteiger partial charge in [-0.3, -0.25) is 9.48 Å². The molecule has 2 N–H and O–H groups in total. The van der Waals surface area contributed by atoms with Gasteiger partial charge in [-0.15, -0.1) is 6.58 Å². The summed E-state index contributed by atoms with van der Waals surface area (Å²) in [5.41, 5.74) is 2.09. The maximum Gasteiger partial charge on any atom is 0.251 e. The van der Waals surface area contributed by atoms with Crippen LogP contribution in [0.3, 0.4) is 0 Å². The number of hydrogen-bond donors (Lipinski definition) is 2. The molecule has 0 radical (unpaired) electrons. The highest BCUT2D eigenvalue weighted by atomic mass is 32.2. The van der Waals surface area contributed by atoms with Gasteiger partial charge in [0.05, 0.1) is 11.4 Å². The van der Waals surface area contributed by atoms with E-state index in [9.17, 15) is 13.2 Å². The van der Waals surface area contributed by atoms with Crippen molar-refractivity contribution in [1.29, 1.82) is 0 Å². The third kappa shape index (κ3) is 5.40. The molecule has 0 saturated carbocycles. The Balaban J connectivity index is 1.74. The van der Waals surface area contributed by atoms with E-state index in [1.54, 1.807) is 29.1 Å². The van der Waals surface area contributed by atoms with Crippen LogP contribution in [0.1, 0.15) is 21.5 Å². The second kappa shape index (κ2) is 9.31. The number of carbonyl (C=O) groups excluding carboxylic acids is 1. The van der Waals surface area contributed by atoms with Gasteiger partial charge in [0.15, 0.2) is 0 Å². The van der Waals surface area contributed by atoms with E-state index in [0.717, 1.165) is 11.1 Å². The Morgan fingerprint density at radius 1 is 1.10 bits per heavy atom. The minimum absolute atomic E-state index is 0.0355. The number of hydrogen-bond acceptors (Lipinski definition) is 4. The lowest BCUT2D eigenvalue weighted by molar-refractivity contribution is 0.0958. The first-order chi connectivity index (χ1) is 14.0. The van der Waals surface area contributed by atoms with Crippen molar-refractivity contribution in [2.24, 2.45) is 0 Å². The topological polar surface area (TPSA) is 93.1 Å². The van der Waals surface area contributed by atoms with Gasteiger partial charge in [0.2, 0.25) is 10.0 Å². The van der Waals surface area contributed by atoms with Crippen LogP contribution in [0.25, 0.3) is 0 Å². The number of amides is 1. The van der Waals surface area contributed by atoms with Crippen molar-refractivity contribution in [3.63, 3.8) is 0 Å². The molecule has 0 atom stereocenters. The largest absolute Gasteiger partial charge is 0.349 e. The predicted octanol–water partition coefficient (Wildman–Crippen LogP) is 2.33. The Morgan fingerprint density at radius 2 is 1.90 bits per heavy atom. The number of carbonyl (C=O) groups is 1. The second-order valence-electron chi connectivity index (χ2n) is 6.32. The van der Waals surface area contributed by atoms with E-state index in [-0.39, 0.29) is 22.9 Å². The molecule has 0 bridgehead atoms. The summed E-state index contributed by atoms with van der Waals surface area (Å²) < 4.78 is 29.9. The quantitative estimate of drug-likeness (QED) is 0.530. The molecule has 1 amide bonds. The first-order valence-electron chi connectivity index (χ1n) is 9.02. The van der Waals surface area contributed by atoms with Crippen molar-refractivity contribution in [2.75, 3.05) is 6.54 Å². The molecule has 0 saturated heterocycles. The molecule has 0 aliphatic carbocycles. The van der Waals surface area contributed by atoms with Gasteiger partial charge in [0.25, 0.3) is 5.91 Å². The zero-order valence-electron chi connectivity index (χ0n) is 15.8. The van der Waals surface area contributed by atoms with Crippen molar-refractivity contribution in [3.05, 3.63) is 96.3 Å². The number of nitrogens with zero attached hydrogens (tertiary/aromatic N) is 2. The Kier molecular flexibility index (Phi) is 6.58. The molecule has 1 aromatic heterocycles. The van der Waals surface area contributed by atoms with Crippen LogP contribution >= 0.6 is 0 Å². The van der Waals surface area contributed by atoms with Crippen molar-refractivity contribution < 1.29 is 13.2 Å². The molecule has 8 heteroatoms. The molecule has 1 heterocycles. The highest BCUT2D eigenvalue weighted by Crippen LogP contribution is 2.15. The molecule has 3 aromatic rings. The van der Waals surface area contributed by atoms with E-state index in [1.807, 2.05) is 36.5 Å². The monoisotopic (exact) mass is 410 g/mol. The normalized spacial score (nSPS) is 11.2. The van der Waals surface area contributed by atoms with Gasteiger partial charge < -0.3 is 5.32 Å². The van der Waals surface area contributed by atoms with Crippen LogP contribution in [0.4, 0.5) is 0 Å². The predicted molar refractivity (Wildman–Crippen MR) is 111 cm³/mol. The maximum absolute atomic E-state index is 12.7. The highest BCUT2D eigenvalue weighted by Gasteiger charge is 2.17. The number of nitrogens with one attached hydrogen (secondary N) is 2. The number of sulfonamides is 1. The minimum Gasteiger partial charge on any atom is -0.349 e. The van der Waals surface area contributed by atoms with Crippen molar-refractivity contribution >= 4 is 15.9 Å². The fraction of sp³-hybridized carbons (Fsp3) is 0.143. The second-order valence-corrected chi connectivity index (χ2v) is 8.09. The van der Waals surface area contributed by atoms with Crippen LogP contribution in [0.2, 0.25) is 0 Å². The van der Waals surface area contributed by atoms with Gasteiger partial charge in [-0.2, -0.15) is 5.10 Å². The summed E-state index contributed by atoms with van der Waals surface area (Å²) in [6, 6.07) is 15.3. The van der Waals surface area contributed by atoms with Crippen molar-refractivity contribution in [3.8, 4) is 0 Å². The highest BCUT2D eigenvalue weighted by molar-refractivity contribution is 7.89. The SMILES string of the molecule is C=CCNC(=O)c1cccc(S(=O)(=O)NCc2ccccc2Cn2cccn2)c1. The molecule has 150 valence electrons. The fourth-order valence-electron chi connectivity index (χ4n) is 2.78. The third-order valence-corrected chi connectivity index (χ3v) is 5.67. The van der Waals surface area contributed by atoms with Gasteiger partial charge in [-0.25, -0.2) is 13.1 Å². The summed E-state index contributed by atoms with van der Waals surface area (Å²) in [7, 11) is -3.79. The maximum atomic E-state index is 12.7. The Labute approximate surface area is 170 Å². The molecule has 0 unspecified atom stereocenters. The Hall–Kier alpha value is -3.23. The van der Waals surface area contributed by atoms with E-state index in [4.69, 9.17) is 0 Å². The van der Waals surface area contributed by atoms with E-state index in [0.29, 0.717) is 13.1 Å². The van der Waals surface area contributed by atoms with Crippen LogP contribution in [-0.2, 0) is 23.1 Å². The number of aromatic nitrogens is 2. The molecular weight excluding hydrogens is 388 g/mol. The van der Waals surface area contributed by atoms with Gasteiger partial charge in [-0.1, -0.05) is 36.4 Å². The van der Waals surface area contributed by atoms with Crippen LogP contribution < -0.4 is 10.0 Å². The summed E-state index contributed by atoms with van der Waals surface area (Å²) >= 11 is 0. The summed E-state index contributed by atoms with van der Waals surface area (Å²) in [4.78, 5) is 12.1. The first kappa shape index (κ1) is 20.5. The lowest BCUT2D eigenvalue weighted by Crippen LogP contribution is -2.26. The van der Waals surface area contributed by atoms with Crippen LogP contribution in [0.5, 0.6) is 0 Å². The Morgan fingerprint density at radius 3 is 2.62 bits per heavy atom. The molecule has 2 aromatic carbocycles. The van der Waals surface area contributed by atoms with E-state index in [1.165, 1.54) is 12.1 Å². The molecule has 0 aliphatic rings. The zero-order valence-corrected chi connectivity index (χ0v) is 16.6. The van der Waals surface area contributed by atoms with Crippen molar-refractivity contribution in [2.45, 2.75) is 18.0 Å². The molecule has 29 heavy (non-hydrogen) atoms. The fourth-order valence-corrected chi connectivity index (χ4v) is 3.83. The molecule has 7 nitrogen and oxygen atoms in total. The molecule has 0 aliphatic heterocycles. The van der Waals surface area contributed by atoms with E-state index < -0.39 is 10.0 Å².